The molecule has 0 radical (unpaired) electrons. The number of carbonyl (C=O) groups is 1. The predicted molar refractivity (Wildman–Crippen MR) is 153 cm³/mol. The minimum Gasteiger partial charge on any atom is -0.497 e. The van der Waals surface area contributed by atoms with Crippen molar-refractivity contribution in [2.45, 2.75) is 37.0 Å². The van der Waals surface area contributed by atoms with Gasteiger partial charge in [0.05, 0.1) is 35.4 Å². The second-order valence-electron chi connectivity index (χ2n) is 9.94. The highest BCUT2D eigenvalue weighted by Gasteiger charge is 2.27. The van der Waals surface area contributed by atoms with Crippen LogP contribution in [0.25, 0.3) is 10.2 Å². The number of carbonyl (C=O) groups excluding carboxylic acids is 1. The molecule has 5 rings (SSSR count). The summed E-state index contributed by atoms with van der Waals surface area (Å²) < 4.78 is 39.8. The van der Waals surface area contributed by atoms with Crippen molar-refractivity contribution in [3.8, 4) is 5.75 Å². The third kappa shape index (κ3) is 6.60. The summed E-state index contributed by atoms with van der Waals surface area (Å²) in [7, 11) is -1.95. The molecule has 2 aliphatic rings. The van der Waals surface area contributed by atoms with Crippen LogP contribution in [0.1, 0.15) is 42.5 Å². The summed E-state index contributed by atoms with van der Waals surface area (Å²) in [5, 5.41) is 0.617. The number of anilines is 1. The molecular formula is C28H36N4O5S2. The number of morpholine rings is 1. The molecule has 39 heavy (non-hydrogen) atoms. The summed E-state index contributed by atoms with van der Waals surface area (Å²) in [5.41, 5.74) is 1.24. The Bertz CT molecular complexity index is 1360. The monoisotopic (exact) mass is 572 g/mol. The first-order valence-corrected chi connectivity index (χ1v) is 15.9. The van der Waals surface area contributed by atoms with Gasteiger partial charge in [-0.1, -0.05) is 24.2 Å². The van der Waals surface area contributed by atoms with Crippen molar-refractivity contribution in [3.63, 3.8) is 0 Å². The lowest BCUT2D eigenvalue weighted by atomic mass is 10.2. The van der Waals surface area contributed by atoms with Crippen LogP contribution >= 0.6 is 11.3 Å². The number of rotatable bonds is 9. The van der Waals surface area contributed by atoms with Crippen molar-refractivity contribution in [2.75, 3.05) is 64.5 Å². The topological polar surface area (TPSA) is 92.3 Å². The van der Waals surface area contributed by atoms with E-state index in [1.807, 2.05) is 18.2 Å². The van der Waals surface area contributed by atoms with E-state index in [0.717, 1.165) is 80.9 Å². The van der Waals surface area contributed by atoms with Crippen LogP contribution in [0.5, 0.6) is 5.75 Å². The average Bonchev–Trinajstić information content (AvgIpc) is 3.18. The Hall–Kier alpha value is -2.57. The first-order valence-electron chi connectivity index (χ1n) is 13.6. The molecule has 2 aromatic carbocycles. The molecule has 3 aromatic rings. The Kier molecular flexibility index (Phi) is 9.13. The van der Waals surface area contributed by atoms with E-state index in [4.69, 9.17) is 14.5 Å². The van der Waals surface area contributed by atoms with Gasteiger partial charge in [-0.2, -0.15) is 4.31 Å². The van der Waals surface area contributed by atoms with Crippen LogP contribution < -0.4 is 9.64 Å². The van der Waals surface area contributed by atoms with E-state index >= 15 is 0 Å². The van der Waals surface area contributed by atoms with E-state index in [1.165, 1.54) is 11.3 Å². The number of benzene rings is 2. The number of aromatic nitrogens is 1. The van der Waals surface area contributed by atoms with Crippen LogP contribution in [0.3, 0.4) is 0 Å². The zero-order valence-corrected chi connectivity index (χ0v) is 24.0. The van der Waals surface area contributed by atoms with Gasteiger partial charge in [0.1, 0.15) is 5.75 Å². The van der Waals surface area contributed by atoms with Gasteiger partial charge < -0.3 is 9.47 Å². The Morgan fingerprint density at radius 2 is 1.74 bits per heavy atom. The third-order valence-electron chi connectivity index (χ3n) is 7.32. The molecule has 0 aliphatic carbocycles. The molecule has 0 bridgehead atoms. The molecule has 11 heteroatoms. The highest BCUT2D eigenvalue weighted by atomic mass is 32.2. The summed E-state index contributed by atoms with van der Waals surface area (Å²) >= 11 is 1.45. The zero-order valence-electron chi connectivity index (χ0n) is 22.4. The second kappa shape index (κ2) is 12.7. The Balaban J connectivity index is 1.37. The van der Waals surface area contributed by atoms with Gasteiger partial charge in [0.25, 0.3) is 5.91 Å². The maximum absolute atomic E-state index is 13.8. The van der Waals surface area contributed by atoms with E-state index in [1.54, 1.807) is 40.6 Å². The standard InChI is InChI=1S/C28H36N4O5S2/c1-36-23-9-12-25-26(21-23)38-28(29-25)32(16-6-13-30-17-19-37-20-18-30)27(33)22-7-10-24(11-8-22)39(34,35)31-14-4-2-3-5-15-31/h7-12,21H,2-6,13-20H2,1H3. The molecule has 0 spiro atoms. The van der Waals surface area contributed by atoms with E-state index in [2.05, 4.69) is 4.90 Å². The van der Waals surface area contributed by atoms with Gasteiger partial charge in [-0.05, 0) is 61.7 Å². The summed E-state index contributed by atoms with van der Waals surface area (Å²) in [6.07, 6.45) is 4.65. The molecule has 1 aromatic heterocycles. The molecular weight excluding hydrogens is 536 g/mol. The lowest BCUT2D eigenvalue weighted by Gasteiger charge is -2.27. The maximum atomic E-state index is 13.8. The minimum atomic E-state index is -3.58. The van der Waals surface area contributed by atoms with E-state index in [9.17, 15) is 13.2 Å². The molecule has 2 aliphatic heterocycles. The average molecular weight is 573 g/mol. The highest BCUT2D eigenvalue weighted by Crippen LogP contribution is 2.32. The van der Waals surface area contributed by atoms with Crippen molar-refractivity contribution in [2.24, 2.45) is 0 Å². The van der Waals surface area contributed by atoms with Crippen LogP contribution in [0.2, 0.25) is 0 Å². The normalized spacial score (nSPS) is 17.7. The first-order chi connectivity index (χ1) is 19.0. The number of thiazole rings is 1. The first kappa shape index (κ1) is 28.0. The van der Waals surface area contributed by atoms with Crippen LogP contribution in [0.4, 0.5) is 5.13 Å². The van der Waals surface area contributed by atoms with Crippen LogP contribution in [-0.4, -0.2) is 88.1 Å². The zero-order chi connectivity index (χ0) is 27.2. The number of sulfonamides is 1. The SMILES string of the molecule is COc1ccc2nc(N(CCCN3CCOCC3)C(=O)c3ccc(S(=O)(=O)N4CCCCCC4)cc3)sc2c1. The second-order valence-corrected chi connectivity index (χ2v) is 12.9. The third-order valence-corrected chi connectivity index (χ3v) is 10.3. The predicted octanol–water partition coefficient (Wildman–Crippen LogP) is 4.24. The van der Waals surface area contributed by atoms with Crippen molar-refractivity contribution in [1.29, 1.82) is 0 Å². The molecule has 3 heterocycles. The van der Waals surface area contributed by atoms with Gasteiger partial charge in [-0.3, -0.25) is 14.6 Å². The Morgan fingerprint density at radius 3 is 2.44 bits per heavy atom. The number of fused-ring (bicyclic) bond motifs is 1. The van der Waals surface area contributed by atoms with Crippen molar-refractivity contribution >= 4 is 42.6 Å². The molecule has 2 saturated heterocycles. The van der Waals surface area contributed by atoms with Gasteiger partial charge in [0.2, 0.25) is 10.0 Å². The van der Waals surface area contributed by atoms with Crippen molar-refractivity contribution < 1.29 is 22.7 Å². The Labute approximate surface area is 234 Å². The lowest BCUT2D eigenvalue weighted by molar-refractivity contribution is 0.0376. The van der Waals surface area contributed by atoms with E-state index < -0.39 is 10.0 Å². The van der Waals surface area contributed by atoms with Gasteiger partial charge in [-0.25, -0.2) is 13.4 Å². The summed E-state index contributed by atoms with van der Waals surface area (Å²) in [4.78, 5) is 22.9. The van der Waals surface area contributed by atoms with Gasteiger partial charge in [-0.15, -0.1) is 0 Å². The quantitative estimate of drug-likeness (QED) is 0.379. The number of methoxy groups -OCH3 is 1. The highest BCUT2D eigenvalue weighted by molar-refractivity contribution is 7.89. The number of amides is 1. The maximum Gasteiger partial charge on any atom is 0.260 e. The molecule has 9 nitrogen and oxygen atoms in total. The molecule has 0 atom stereocenters. The van der Waals surface area contributed by atoms with Crippen LogP contribution in [0.15, 0.2) is 47.4 Å². The van der Waals surface area contributed by atoms with E-state index in [-0.39, 0.29) is 10.8 Å². The largest absolute Gasteiger partial charge is 0.497 e. The van der Waals surface area contributed by atoms with Gasteiger partial charge in [0, 0.05) is 44.8 Å². The molecule has 1 amide bonds. The number of ether oxygens (including phenoxy) is 2. The van der Waals surface area contributed by atoms with Gasteiger partial charge >= 0.3 is 0 Å². The van der Waals surface area contributed by atoms with Crippen LogP contribution in [-0.2, 0) is 14.8 Å². The number of nitrogens with zero attached hydrogens (tertiary/aromatic N) is 4. The van der Waals surface area contributed by atoms with Crippen LogP contribution in [0, 0.1) is 0 Å². The Morgan fingerprint density at radius 1 is 1.03 bits per heavy atom. The summed E-state index contributed by atoms with van der Waals surface area (Å²) in [5.74, 6) is 0.547. The summed E-state index contributed by atoms with van der Waals surface area (Å²) in [6, 6.07) is 12.0. The number of hydrogen-bond donors (Lipinski definition) is 0. The fraction of sp³-hybridized carbons (Fsp3) is 0.500. The fourth-order valence-electron chi connectivity index (χ4n) is 5.05. The molecule has 0 unspecified atom stereocenters. The van der Waals surface area contributed by atoms with Crippen molar-refractivity contribution in [1.82, 2.24) is 14.2 Å². The van der Waals surface area contributed by atoms with Gasteiger partial charge in [0.15, 0.2) is 5.13 Å². The fourth-order valence-corrected chi connectivity index (χ4v) is 7.59. The molecule has 0 saturated carbocycles. The molecule has 2 fully saturated rings. The van der Waals surface area contributed by atoms with E-state index in [0.29, 0.717) is 30.3 Å². The molecule has 210 valence electrons. The van der Waals surface area contributed by atoms with Crippen molar-refractivity contribution in [3.05, 3.63) is 48.0 Å². The molecule has 0 N–H and O–H groups in total. The summed E-state index contributed by atoms with van der Waals surface area (Å²) in [6.45, 7) is 5.69. The minimum absolute atomic E-state index is 0.193. The lowest BCUT2D eigenvalue weighted by Crippen LogP contribution is -2.39. The number of hydrogen-bond acceptors (Lipinski definition) is 8. The smallest absolute Gasteiger partial charge is 0.260 e.